The summed E-state index contributed by atoms with van der Waals surface area (Å²) in [6, 6.07) is 6.70. The minimum atomic E-state index is -0.535. The average molecular weight is 316 g/mol. The number of Topliss-reactive ketones (excluding diaryl/α,β-unsaturated/α-hetero) is 1. The van der Waals surface area contributed by atoms with Crippen LogP contribution in [-0.2, 0) is 14.3 Å². The van der Waals surface area contributed by atoms with Gasteiger partial charge in [-0.05, 0) is 11.6 Å². The number of likely N-dealkylation sites (tertiary alicyclic amines) is 1. The molecule has 1 atom stereocenters. The van der Waals surface area contributed by atoms with Crippen molar-refractivity contribution in [2.24, 2.45) is 0 Å². The van der Waals surface area contributed by atoms with Crippen molar-refractivity contribution in [3.8, 4) is 0 Å². The summed E-state index contributed by atoms with van der Waals surface area (Å²) >= 11 is 6.17. The van der Waals surface area contributed by atoms with E-state index in [4.69, 9.17) is 16.3 Å². The number of halogens is 1. The van der Waals surface area contributed by atoms with Crippen molar-refractivity contribution in [3.63, 3.8) is 0 Å². The van der Waals surface area contributed by atoms with E-state index < -0.39 is 6.04 Å². The second-order valence-electron chi connectivity index (χ2n) is 4.52. The number of hydrogen-bond donors (Lipinski definition) is 0. The van der Waals surface area contributed by atoms with Crippen LogP contribution in [0, 0.1) is 0 Å². The zero-order valence-electron chi connectivity index (χ0n) is 11.3. The molecule has 0 aliphatic carbocycles. The maximum Gasteiger partial charge on any atom is 0.327 e. The van der Waals surface area contributed by atoms with Crippen molar-refractivity contribution in [1.82, 2.24) is 4.90 Å². The molecule has 0 radical (unpaired) electrons. The lowest BCUT2D eigenvalue weighted by Gasteiger charge is -2.32. The van der Waals surface area contributed by atoms with Gasteiger partial charge in [-0.1, -0.05) is 29.8 Å². The summed E-state index contributed by atoms with van der Waals surface area (Å²) in [5.41, 5.74) is 0.727. The number of rotatable bonds is 3. The molecule has 4 nitrogen and oxygen atoms in total. The van der Waals surface area contributed by atoms with E-state index >= 15 is 0 Å². The molecular formula is C14H18ClNO3S. The van der Waals surface area contributed by atoms with Crippen molar-refractivity contribution in [2.75, 3.05) is 20.2 Å². The lowest BCUT2D eigenvalue weighted by atomic mass is 10.0. The van der Waals surface area contributed by atoms with Gasteiger partial charge in [0.15, 0.2) is 0 Å². The Hall–Kier alpha value is -1.04. The Morgan fingerprint density at radius 1 is 1.30 bits per heavy atom. The van der Waals surface area contributed by atoms with Crippen LogP contribution in [-0.4, -0.2) is 36.9 Å². The summed E-state index contributed by atoms with van der Waals surface area (Å²) in [5.74, 6) is -0.110. The smallest absolute Gasteiger partial charge is 0.327 e. The van der Waals surface area contributed by atoms with Gasteiger partial charge in [-0.3, -0.25) is 9.69 Å². The summed E-state index contributed by atoms with van der Waals surface area (Å²) in [6.45, 7) is 1.12. The number of benzene rings is 1. The first kappa shape index (κ1) is 17.0. The fraction of sp³-hybridized carbons (Fsp3) is 0.429. The molecule has 2 rings (SSSR count). The van der Waals surface area contributed by atoms with Crippen LogP contribution in [0.1, 0.15) is 24.4 Å². The highest BCUT2D eigenvalue weighted by molar-refractivity contribution is 7.59. The standard InChI is InChI=1S/C14H16ClNO3.H2S/c1-19-14(18)13(11-4-2-3-5-12(11)15)16-8-6-10(17)7-9-16;/h2-5,13H,6-9H2,1H3;1H2/t13-;/m0./s1. The lowest BCUT2D eigenvalue weighted by molar-refractivity contribution is -0.148. The summed E-state index contributed by atoms with van der Waals surface area (Å²) in [6.07, 6.45) is 0.940. The van der Waals surface area contributed by atoms with Gasteiger partial charge in [-0.25, -0.2) is 4.79 Å². The molecular weight excluding hydrogens is 298 g/mol. The topological polar surface area (TPSA) is 46.6 Å². The van der Waals surface area contributed by atoms with Crippen LogP contribution in [0.5, 0.6) is 0 Å². The Balaban J connectivity index is 0.00000200. The Kier molecular flexibility index (Phi) is 6.52. The molecule has 1 saturated heterocycles. The monoisotopic (exact) mass is 315 g/mol. The Labute approximate surface area is 130 Å². The Morgan fingerprint density at radius 3 is 2.45 bits per heavy atom. The summed E-state index contributed by atoms with van der Waals surface area (Å²) < 4.78 is 4.88. The van der Waals surface area contributed by atoms with Gasteiger partial charge in [-0.15, -0.1) is 0 Å². The maximum absolute atomic E-state index is 12.0. The van der Waals surface area contributed by atoms with Gasteiger partial charge in [-0.2, -0.15) is 13.5 Å². The summed E-state index contributed by atoms with van der Waals surface area (Å²) in [4.78, 5) is 25.3. The van der Waals surface area contributed by atoms with Crippen LogP contribution in [0.2, 0.25) is 5.02 Å². The number of methoxy groups -OCH3 is 1. The zero-order chi connectivity index (χ0) is 13.8. The fourth-order valence-electron chi connectivity index (χ4n) is 2.31. The van der Waals surface area contributed by atoms with Gasteiger partial charge in [0.2, 0.25) is 0 Å². The molecule has 1 aliphatic heterocycles. The van der Waals surface area contributed by atoms with Crippen molar-refractivity contribution < 1.29 is 14.3 Å². The van der Waals surface area contributed by atoms with Crippen LogP contribution < -0.4 is 0 Å². The van der Waals surface area contributed by atoms with Crippen molar-refractivity contribution >= 4 is 36.8 Å². The van der Waals surface area contributed by atoms with Crippen LogP contribution in [0.15, 0.2) is 24.3 Å². The van der Waals surface area contributed by atoms with E-state index in [0.717, 1.165) is 5.56 Å². The number of esters is 1. The molecule has 1 aromatic rings. The third kappa shape index (κ3) is 3.75. The molecule has 0 unspecified atom stereocenters. The van der Waals surface area contributed by atoms with Gasteiger partial charge in [0.25, 0.3) is 0 Å². The molecule has 0 aromatic heterocycles. The number of carbonyl (C=O) groups is 2. The van der Waals surface area contributed by atoms with Crippen molar-refractivity contribution in [1.29, 1.82) is 0 Å². The SMILES string of the molecule is COC(=O)[C@H](c1ccccc1Cl)N1CCC(=O)CC1.S. The number of nitrogens with zero attached hydrogens (tertiary/aromatic N) is 1. The van der Waals surface area contributed by atoms with Gasteiger partial charge >= 0.3 is 5.97 Å². The molecule has 1 heterocycles. The maximum atomic E-state index is 12.0. The minimum Gasteiger partial charge on any atom is -0.468 e. The second-order valence-corrected chi connectivity index (χ2v) is 4.93. The van der Waals surface area contributed by atoms with Crippen molar-refractivity contribution in [2.45, 2.75) is 18.9 Å². The first-order valence-corrected chi connectivity index (χ1v) is 6.59. The molecule has 1 aliphatic rings. The van der Waals surface area contributed by atoms with E-state index in [2.05, 4.69) is 0 Å². The van der Waals surface area contributed by atoms with Crippen LogP contribution in [0.25, 0.3) is 0 Å². The highest BCUT2D eigenvalue weighted by Gasteiger charge is 2.32. The third-order valence-corrected chi connectivity index (χ3v) is 3.69. The second kappa shape index (κ2) is 7.67. The molecule has 0 N–H and O–H groups in total. The van der Waals surface area contributed by atoms with E-state index in [1.807, 2.05) is 23.1 Å². The van der Waals surface area contributed by atoms with E-state index in [1.54, 1.807) is 6.07 Å². The number of piperidine rings is 1. The van der Waals surface area contributed by atoms with Crippen LogP contribution >= 0.6 is 25.1 Å². The van der Waals surface area contributed by atoms with E-state index in [-0.39, 0.29) is 25.2 Å². The number of hydrogen-bond acceptors (Lipinski definition) is 4. The Morgan fingerprint density at radius 2 is 1.90 bits per heavy atom. The van der Waals surface area contributed by atoms with Crippen molar-refractivity contribution in [3.05, 3.63) is 34.9 Å². The largest absolute Gasteiger partial charge is 0.468 e. The molecule has 0 saturated carbocycles. The molecule has 6 heteroatoms. The van der Waals surface area contributed by atoms with Gasteiger partial charge in [0.05, 0.1) is 7.11 Å². The summed E-state index contributed by atoms with van der Waals surface area (Å²) in [7, 11) is 1.36. The van der Waals surface area contributed by atoms with E-state index in [9.17, 15) is 9.59 Å². The predicted molar refractivity (Wildman–Crippen MR) is 82.4 cm³/mol. The molecule has 110 valence electrons. The molecule has 1 fully saturated rings. The minimum absolute atomic E-state index is 0. The van der Waals surface area contributed by atoms with Gasteiger partial charge in [0, 0.05) is 31.0 Å². The zero-order valence-corrected chi connectivity index (χ0v) is 13.0. The first-order valence-electron chi connectivity index (χ1n) is 6.21. The van der Waals surface area contributed by atoms with E-state index in [1.165, 1.54) is 7.11 Å². The van der Waals surface area contributed by atoms with Crippen LogP contribution in [0.4, 0.5) is 0 Å². The number of ether oxygens (including phenoxy) is 1. The summed E-state index contributed by atoms with van der Waals surface area (Å²) in [5, 5.41) is 0.537. The fourth-order valence-corrected chi connectivity index (χ4v) is 2.55. The highest BCUT2D eigenvalue weighted by atomic mass is 35.5. The first-order chi connectivity index (χ1) is 9.13. The normalized spacial score (nSPS) is 17.2. The lowest BCUT2D eigenvalue weighted by Crippen LogP contribution is -2.40. The number of ketones is 1. The number of carbonyl (C=O) groups excluding carboxylic acids is 2. The molecule has 20 heavy (non-hydrogen) atoms. The molecule has 0 amide bonds. The van der Waals surface area contributed by atoms with Gasteiger partial charge in [0.1, 0.15) is 11.8 Å². The predicted octanol–water partition coefficient (Wildman–Crippen LogP) is 2.33. The average Bonchev–Trinajstić information content (AvgIpc) is 2.43. The molecule has 1 aromatic carbocycles. The van der Waals surface area contributed by atoms with Gasteiger partial charge < -0.3 is 4.74 Å². The molecule has 0 bridgehead atoms. The van der Waals surface area contributed by atoms with Crippen LogP contribution in [0.3, 0.4) is 0 Å². The quantitative estimate of drug-likeness (QED) is 0.803. The Bertz CT molecular complexity index is 485. The van der Waals surface area contributed by atoms with E-state index in [0.29, 0.717) is 31.0 Å². The molecule has 0 spiro atoms. The highest BCUT2D eigenvalue weighted by Crippen LogP contribution is 2.30. The third-order valence-electron chi connectivity index (χ3n) is 3.35.